The smallest absolute Gasteiger partial charge is 0.343 e. The van der Waals surface area contributed by atoms with Crippen molar-refractivity contribution in [3.05, 3.63) is 72.3 Å². The van der Waals surface area contributed by atoms with Crippen molar-refractivity contribution in [2.24, 2.45) is 5.92 Å². The predicted octanol–water partition coefficient (Wildman–Crippen LogP) is 5.02. The molecule has 0 N–H and O–H groups in total. The van der Waals surface area contributed by atoms with Crippen molar-refractivity contribution in [3.63, 3.8) is 0 Å². The zero-order valence-corrected chi connectivity index (χ0v) is 18.0. The van der Waals surface area contributed by atoms with Crippen molar-refractivity contribution in [1.82, 2.24) is 0 Å². The summed E-state index contributed by atoms with van der Waals surface area (Å²) in [4.78, 5) is 35.4. The molecular weight excluding hydrogens is 396 g/mol. The Morgan fingerprint density at radius 1 is 0.903 bits per heavy atom. The van der Waals surface area contributed by atoms with Crippen LogP contribution in [0, 0.1) is 5.92 Å². The SMILES string of the molecule is C=CC(=O)OCCCCOc1ccc(C(=O)Oc2ccc(C(=O)C(C)CC)cc2)cc1. The molecule has 0 bridgehead atoms. The van der Waals surface area contributed by atoms with Crippen LogP contribution in [-0.2, 0) is 9.53 Å². The highest BCUT2D eigenvalue weighted by Gasteiger charge is 2.14. The second-order valence-electron chi connectivity index (χ2n) is 7.04. The lowest BCUT2D eigenvalue weighted by atomic mass is 9.97. The molecule has 0 heterocycles. The molecule has 6 heteroatoms. The van der Waals surface area contributed by atoms with Gasteiger partial charge >= 0.3 is 11.9 Å². The monoisotopic (exact) mass is 424 g/mol. The summed E-state index contributed by atoms with van der Waals surface area (Å²) >= 11 is 0. The Morgan fingerprint density at radius 3 is 2.10 bits per heavy atom. The van der Waals surface area contributed by atoms with E-state index in [0.29, 0.717) is 42.3 Å². The van der Waals surface area contributed by atoms with Gasteiger partial charge in [0.1, 0.15) is 11.5 Å². The molecule has 2 aromatic rings. The fraction of sp³-hybridized carbons (Fsp3) is 0.320. The molecule has 2 aromatic carbocycles. The van der Waals surface area contributed by atoms with E-state index in [2.05, 4.69) is 6.58 Å². The van der Waals surface area contributed by atoms with Gasteiger partial charge in [0.25, 0.3) is 0 Å². The summed E-state index contributed by atoms with van der Waals surface area (Å²) in [7, 11) is 0. The van der Waals surface area contributed by atoms with Crippen LogP contribution in [0.25, 0.3) is 0 Å². The molecule has 0 aromatic heterocycles. The van der Waals surface area contributed by atoms with E-state index in [1.54, 1.807) is 48.5 Å². The number of ketones is 1. The van der Waals surface area contributed by atoms with Gasteiger partial charge in [-0.3, -0.25) is 4.79 Å². The van der Waals surface area contributed by atoms with E-state index < -0.39 is 11.9 Å². The number of unbranched alkanes of at least 4 members (excludes halogenated alkanes) is 1. The Balaban J connectivity index is 1.79. The van der Waals surface area contributed by atoms with Crippen molar-refractivity contribution in [3.8, 4) is 11.5 Å². The van der Waals surface area contributed by atoms with Crippen molar-refractivity contribution in [2.45, 2.75) is 33.1 Å². The van der Waals surface area contributed by atoms with Crippen LogP contribution in [0.5, 0.6) is 11.5 Å². The molecule has 31 heavy (non-hydrogen) atoms. The zero-order chi connectivity index (χ0) is 22.6. The third kappa shape index (κ3) is 7.74. The first-order chi connectivity index (χ1) is 14.9. The molecule has 0 aliphatic rings. The molecule has 164 valence electrons. The average molecular weight is 424 g/mol. The van der Waals surface area contributed by atoms with E-state index >= 15 is 0 Å². The van der Waals surface area contributed by atoms with E-state index in [1.807, 2.05) is 13.8 Å². The molecule has 6 nitrogen and oxygen atoms in total. The first-order valence-corrected chi connectivity index (χ1v) is 10.3. The summed E-state index contributed by atoms with van der Waals surface area (Å²) in [5, 5.41) is 0. The van der Waals surface area contributed by atoms with Crippen LogP contribution in [0.3, 0.4) is 0 Å². The lowest BCUT2D eigenvalue weighted by Crippen LogP contribution is -2.11. The highest BCUT2D eigenvalue weighted by Crippen LogP contribution is 2.19. The summed E-state index contributed by atoms with van der Waals surface area (Å²) in [5.74, 6) is 0.129. The third-order valence-electron chi connectivity index (χ3n) is 4.72. The Hall–Kier alpha value is -3.41. The van der Waals surface area contributed by atoms with Gasteiger partial charge < -0.3 is 14.2 Å². The predicted molar refractivity (Wildman–Crippen MR) is 118 cm³/mol. The van der Waals surface area contributed by atoms with Gasteiger partial charge in [-0.05, 0) is 67.8 Å². The summed E-state index contributed by atoms with van der Waals surface area (Å²) in [5.41, 5.74) is 0.998. The average Bonchev–Trinajstić information content (AvgIpc) is 2.80. The number of hydrogen-bond acceptors (Lipinski definition) is 6. The van der Waals surface area contributed by atoms with Gasteiger partial charge in [0.2, 0.25) is 0 Å². The van der Waals surface area contributed by atoms with Crippen LogP contribution in [0.4, 0.5) is 0 Å². The molecule has 1 atom stereocenters. The number of rotatable bonds is 12. The van der Waals surface area contributed by atoms with E-state index in [4.69, 9.17) is 14.2 Å². The molecule has 0 aliphatic carbocycles. The lowest BCUT2D eigenvalue weighted by Gasteiger charge is -2.09. The quantitative estimate of drug-likeness (QED) is 0.156. The molecule has 0 radical (unpaired) electrons. The normalized spacial score (nSPS) is 11.3. The lowest BCUT2D eigenvalue weighted by molar-refractivity contribution is -0.137. The molecule has 0 amide bonds. The Morgan fingerprint density at radius 2 is 1.48 bits per heavy atom. The maximum absolute atomic E-state index is 12.3. The van der Waals surface area contributed by atoms with Crippen LogP contribution in [0.2, 0.25) is 0 Å². The number of Topliss-reactive ketones (excluding diaryl/α,β-unsaturated/α-hetero) is 1. The van der Waals surface area contributed by atoms with Crippen LogP contribution in [0.1, 0.15) is 53.8 Å². The van der Waals surface area contributed by atoms with E-state index in [-0.39, 0.29) is 11.7 Å². The second kappa shape index (κ2) is 12.3. The first kappa shape index (κ1) is 23.9. The highest BCUT2D eigenvalue weighted by molar-refractivity contribution is 5.97. The number of esters is 2. The van der Waals surface area contributed by atoms with Crippen molar-refractivity contribution in [2.75, 3.05) is 13.2 Å². The third-order valence-corrected chi connectivity index (χ3v) is 4.72. The van der Waals surface area contributed by atoms with Crippen LogP contribution >= 0.6 is 0 Å². The summed E-state index contributed by atoms with van der Waals surface area (Å²) < 4.78 is 15.9. The number of ether oxygens (including phenoxy) is 3. The topological polar surface area (TPSA) is 78.9 Å². The maximum atomic E-state index is 12.3. The minimum Gasteiger partial charge on any atom is -0.494 e. The van der Waals surface area contributed by atoms with Gasteiger partial charge in [-0.2, -0.15) is 0 Å². The van der Waals surface area contributed by atoms with E-state index in [0.717, 1.165) is 18.9 Å². The van der Waals surface area contributed by atoms with Crippen LogP contribution in [-0.4, -0.2) is 30.9 Å². The Kier molecular flexibility index (Phi) is 9.49. The van der Waals surface area contributed by atoms with Gasteiger partial charge in [0, 0.05) is 17.6 Å². The van der Waals surface area contributed by atoms with Gasteiger partial charge in [-0.25, -0.2) is 9.59 Å². The summed E-state index contributed by atoms with van der Waals surface area (Å²) in [6.45, 7) is 7.99. The number of benzene rings is 2. The summed E-state index contributed by atoms with van der Waals surface area (Å²) in [6.07, 6.45) is 3.32. The minimum atomic E-state index is -0.489. The molecule has 0 aliphatic heterocycles. The highest BCUT2D eigenvalue weighted by atomic mass is 16.5. The maximum Gasteiger partial charge on any atom is 0.343 e. The van der Waals surface area contributed by atoms with Gasteiger partial charge in [0.15, 0.2) is 5.78 Å². The number of carbonyl (C=O) groups excluding carboxylic acids is 3. The van der Waals surface area contributed by atoms with Gasteiger partial charge in [0.05, 0.1) is 18.8 Å². The minimum absolute atomic E-state index is 0.0380. The molecular formula is C25H28O6. The largest absolute Gasteiger partial charge is 0.494 e. The summed E-state index contributed by atoms with van der Waals surface area (Å²) in [6, 6.07) is 13.2. The fourth-order valence-corrected chi connectivity index (χ4v) is 2.64. The zero-order valence-electron chi connectivity index (χ0n) is 18.0. The molecule has 1 unspecified atom stereocenters. The standard InChI is InChI=1S/C25H28O6/c1-4-18(3)24(27)19-8-14-22(15-9-19)31-25(28)20-10-12-21(13-11-20)29-16-6-7-17-30-23(26)5-2/h5,8-15,18H,2,4,6-7,16-17H2,1,3H3. The Bertz CT molecular complexity index is 883. The molecule has 0 saturated carbocycles. The van der Waals surface area contributed by atoms with Crippen molar-refractivity contribution < 1.29 is 28.6 Å². The number of carbonyl (C=O) groups is 3. The van der Waals surface area contributed by atoms with E-state index in [9.17, 15) is 14.4 Å². The number of hydrogen-bond donors (Lipinski definition) is 0. The van der Waals surface area contributed by atoms with Gasteiger partial charge in [-0.15, -0.1) is 0 Å². The van der Waals surface area contributed by atoms with Crippen molar-refractivity contribution >= 4 is 17.7 Å². The molecule has 0 saturated heterocycles. The van der Waals surface area contributed by atoms with Gasteiger partial charge in [-0.1, -0.05) is 20.4 Å². The van der Waals surface area contributed by atoms with Crippen LogP contribution < -0.4 is 9.47 Å². The Labute approximate surface area is 182 Å². The van der Waals surface area contributed by atoms with Crippen LogP contribution in [0.15, 0.2) is 61.2 Å². The second-order valence-corrected chi connectivity index (χ2v) is 7.04. The molecule has 2 rings (SSSR count). The van der Waals surface area contributed by atoms with E-state index in [1.165, 1.54) is 0 Å². The fourth-order valence-electron chi connectivity index (χ4n) is 2.64. The molecule has 0 spiro atoms. The van der Waals surface area contributed by atoms with Crippen molar-refractivity contribution in [1.29, 1.82) is 0 Å². The molecule has 0 fully saturated rings. The first-order valence-electron chi connectivity index (χ1n) is 10.3.